The highest BCUT2D eigenvalue weighted by Gasteiger charge is 2.25. The van der Waals surface area contributed by atoms with Crippen LogP contribution in [0.4, 0.5) is 5.82 Å². The van der Waals surface area contributed by atoms with E-state index in [1.807, 2.05) is 40.6 Å². The minimum absolute atomic E-state index is 0.0468. The second-order valence-electron chi connectivity index (χ2n) is 8.56. The first-order chi connectivity index (χ1) is 17.0. The van der Waals surface area contributed by atoms with Crippen molar-refractivity contribution in [3.8, 4) is 11.3 Å². The molecule has 184 valence electrons. The van der Waals surface area contributed by atoms with Gasteiger partial charge >= 0.3 is 0 Å². The molecule has 0 unspecified atom stereocenters. The van der Waals surface area contributed by atoms with E-state index in [0.717, 1.165) is 30.0 Å². The van der Waals surface area contributed by atoms with E-state index in [0.29, 0.717) is 37.7 Å². The van der Waals surface area contributed by atoms with Crippen LogP contribution in [0.15, 0.2) is 53.9 Å². The first kappa shape index (κ1) is 24.8. The third-order valence-electron chi connectivity index (χ3n) is 6.08. The average Bonchev–Trinajstić information content (AvgIpc) is 3.31. The fourth-order valence-corrected chi connectivity index (χ4v) is 4.73. The van der Waals surface area contributed by atoms with Gasteiger partial charge in [-0.2, -0.15) is 0 Å². The highest BCUT2D eigenvalue weighted by molar-refractivity contribution is 7.12. The largest absolute Gasteiger partial charge is 0.383 e. The fraction of sp³-hybridized carbons (Fsp3) is 0.385. The number of carbonyl (C=O) groups is 2. The normalized spacial score (nSPS) is 14.0. The number of anilines is 1. The second-order valence-corrected chi connectivity index (χ2v) is 9.51. The molecule has 1 aliphatic rings. The first-order valence-corrected chi connectivity index (χ1v) is 12.7. The third-order valence-corrected chi connectivity index (χ3v) is 6.94. The fourth-order valence-electron chi connectivity index (χ4n) is 4.04. The van der Waals surface area contributed by atoms with E-state index in [-0.39, 0.29) is 18.4 Å². The van der Waals surface area contributed by atoms with Gasteiger partial charge in [-0.3, -0.25) is 9.59 Å². The number of amides is 2. The lowest BCUT2D eigenvalue weighted by molar-refractivity contribution is -0.131. The predicted octanol–water partition coefficient (Wildman–Crippen LogP) is 3.34. The molecule has 0 bridgehead atoms. The number of aryl methyl sites for hydroxylation is 1. The molecule has 0 aliphatic carbocycles. The molecule has 1 aromatic carbocycles. The van der Waals surface area contributed by atoms with E-state index in [1.54, 1.807) is 18.1 Å². The average molecular weight is 494 g/mol. The van der Waals surface area contributed by atoms with Crippen molar-refractivity contribution in [3.63, 3.8) is 0 Å². The first-order valence-electron chi connectivity index (χ1n) is 11.8. The van der Waals surface area contributed by atoms with Gasteiger partial charge < -0.3 is 19.4 Å². The number of hydrogen-bond donors (Lipinski definition) is 0. The summed E-state index contributed by atoms with van der Waals surface area (Å²) < 4.78 is 5.16. The summed E-state index contributed by atoms with van der Waals surface area (Å²) >= 11 is 1.38. The molecule has 1 aliphatic heterocycles. The Kier molecular flexibility index (Phi) is 8.44. The number of ether oxygens (including phenoxy) is 1. The predicted molar refractivity (Wildman–Crippen MR) is 138 cm³/mol. The Morgan fingerprint density at radius 2 is 1.86 bits per heavy atom. The molecule has 1 fully saturated rings. The summed E-state index contributed by atoms with van der Waals surface area (Å²) in [4.78, 5) is 32.2. The zero-order chi connectivity index (χ0) is 24.6. The van der Waals surface area contributed by atoms with Gasteiger partial charge in [0.05, 0.1) is 17.2 Å². The van der Waals surface area contributed by atoms with E-state index >= 15 is 0 Å². The van der Waals surface area contributed by atoms with Gasteiger partial charge in [0.1, 0.15) is 6.54 Å². The second kappa shape index (κ2) is 11.9. The number of thiophene rings is 1. The van der Waals surface area contributed by atoms with E-state index in [4.69, 9.17) is 4.74 Å². The summed E-state index contributed by atoms with van der Waals surface area (Å²) in [6.45, 7) is 5.55. The maximum atomic E-state index is 13.1. The summed E-state index contributed by atoms with van der Waals surface area (Å²) in [5, 5.41) is 10.7. The quantitative estimate of drug-likeness (QED) is 0.479. The Bertz CT molecular complexity index is 1100. The van der Waals surface area contributed by atoms with Gasteiger partial charge in [0.25, 0.3) is 5.91 Å². The minimum Gasteiger partial charge on any atom is -0.383 e. The van der Waals surface area contributed by atoms with E-state index in [9.17, 15) is 9.59 Å². The molecule has 0 radical (unpaired) electrons. The zero-order valence-corrected chi connectivity index (χ0v) is 21.0. The topological polar surface area (TPSA) is 78.9 Å². The lowest BCUT2D eigenvalue weighted by Gasteiger charge is -2.26. The van der Waals surface area contributed by atoms with Gasteiger partial charge in [0, 0.05) is 45.4 Å². The minimum atomic E-state index is -0.134. The Balaban J connectivity index is 1.36. The lowest BCUT2D eigenvalue weighted by atomic mass is 10.1. The molecular formula is C26H31N5O3S. The smallest absolute Gasteiger partial charge is 0.264 e. The third kappa shape index (κ3) is 6.43. The van der Waals surface area contributed by atoms with Crippen LogP contribution >= 0.6 is 11.3 Å². The summed E-state index contributed by atoms with van der Waals surface area (Å²) in [6.07, 6.45) is 0.823. The van der Waals surface area contributed by atoms with Crippen LogP contribution in [0.3, 0.4) is 0 Å². The van der Waals surface area contributed by atoms with Crippen LogP contribution in [0.5, 0.6) is 0 Å². The van der Waals surface area contributed by atoms with E-state index < -0.39 is 0 Å². The molecule has 0 N–H and O–H groups in total. The molecule has 2 aromatic heterocycles. The van der Waals surface area contributed by atoms with Crippen molar-refractivity contribution >= 4 is 29.0 Å². The summed E-state index contributed by atoms with van der Waals surface area (Å²) in [6, 6.07) is 15.8. The standard InChI is InChI=1S/C26H31N5O3S/c1-20-6-8-21(9-7-20)22-10-11-24(28-27-22)29-12-4-13-30(15-14-29)25(32)19-31(16-17-34-2)26(33)23-5-3-18-35-23/h3,5-11,18H,4,12-17,19H2,1-2H3. The van der Waals surface area contributed by atoms with Crippen LogP contribution in [0, 0.1) is 6.92 Å². The van der Waals surface area contributed by atoms with Gasteiger partial charge in [-0.1, -0.05) is 35.9 Å². The summed E-state index contributed by atoms with van der Waals surface area (Å²) in [5.74, 6) is 0.629. The molecule has 2 amide bonds. The van der Waals surface area contributed by atoms with Crippen molar-refractivity contribution in [3.05, 3.63) is 64.4 Å². The molecule has 35 heavy (non-hydrogen) atoms. The van der Waals surface area contributed by atoms with Gasteiger partial charge in [-0.25, -0.2) is 0 Å². The Hall–Kier alpha value is -3.30. The molecule has 1 saturated heterocycles. The molecule has 9 heteroatoms. The van der Waals surface area contributed by atoms with Gasteiger partial charge in [0.15, 0.2) is 5.82 Å². The van der Waals surface area contributed by atoms with Crippen LogP contribution in [-0.2, 0) is 9.53 Å². The number of aromatic nitrogens is 2. The van der Waals surface area contributed by atoms with Crippen molar-refractivity contribution in [2.45, 2.75) is 13.3 Å². The van der Waals surface area contributed by atoms with Crippen molar-refractivity contribution in [1.29, 1.82) is 0 Å². The molecule has 8 nitrogen and oxygen atoms in total. The van der Waals surface area contributed by atoms with Crippen LogP contribution in [-0.4, -0.2) is 84.8 Å². The Morgan fingerprint density at radius 1 is 1.03 bits per heavy atom. The monoisotopic (exact) mass is 493 g/mol. The molecule has 3 aromatic rings. The van der Waals surface area contributed by atoms with Crippen LogP contribution < -0.4 is 4.90 Å². The number of benzene rings is 1. The van der Waals surface area contributed by atoms with Gasteiger partial charge in [-0.15, -0.1) is 21.5 Å². The van der Waals surface area contributed by atoms with Crippen LogP contribution in [0.2, 0.25) is 0 Å². The van der Waals surface area contributed by atoms with Crippen molar-refractivity contribution < 1.29 is 14.3 Å². The maximum Gasteiger partial charge on any atom is 0.264 e. The number of rotatable bonds is 8. The van der Waals surface area contributed by atoms with Gasteiger partial charge in [0.2, 0.25) is 5.91 Å². The Labute approximate surface area is 210 Å². The SMILES string of the molecule is COCCN(CC(=O)N1CCCN(c2ccc(-c3ccc(C)cc3)nn2)CC1)C(=O)c1cccs1. The number of methoxy groups -OCH3 is 1. The molecule has 3 heterocycles. The highest BCUT2D eigenvalue weighted by Crippen LogP contribution is 2.20. The molecular weight excluding hydrogens is 462 g/mol. The highest BCUT2D eigenvalue weighted by atomic mass is 32.1. The summed E-state index contributed by atoms with van der Waals surface area (Å²) in [5.41, 5.74) is 3.09. The molecule has 0 saturated carbocycles. The van der Waals surface area contributed by atoms with Gasteiger partial charge in [-0.05, 0) is 36.9 Å². The van der Waals surface area contributed by atoms with Crippen molar-refractivity contribution in [2.75, 3.05) is 57.9 Å². The van der Waals surface area contributed by atoms with Crippen LogP contribution in [0.25, 0.3) is 11.3 Å². The Morgan fingerprint density at radius 3 is 2.54 bits per heavy atom. The van der Waals surface area contributed by atoms with E-state index in [2.05, 4.69) is 34.2 Å². The van der Waals surface area contributed by atoms with Crippen LogP contribution in [0.1, 0.15) is 21.7 Å². The molecule has 4 rings (SSSR count). The van der Waals surface area contributed by atoms with E-state index in [1.165, 1.54) is 16.9 Å². The zero-order valence-electron chi connectivity index (χ0n) is 20.2. The summed E-state index contributed by atoms with van der Waals surface area (Å²) in [7, 11) is 1.59. The van der Waals surface area contributed by atoms with Crippen molar-refractivity contribution in [2.24, 2.45) is 0 Å². The number of hydrogen-bond acceptors (Lipinski definition) is 7. The lowest BCUT2D eigenvalue weighted by Crippen LogP contribution is -2.45. The number of carbonyl (C=O) groups excluding carboxylic acids is 2. The molecule has 0 atom stereocenters. The number of nitrogens with zero attached hydrogens (tertiary/aromatic N) is 5. The maximum absolute atomic E-state index is 13.1. The molecule has 0 spiro atoms. The van der Waals surface area contributed by atoms with Crippen molar-refractivity contribution in [1.82, 2.24) is 20.0 Å².